The fraction of sp³-hybridized carbons (Fsp3) is 0.600. The first-order valence-electron chi connectivity index (χ1n) is 6.42. The van der Waals surface area contributed by atoms with E-state index in [1.54, 1.807) is 0 Å². The van der Waals surface area contributed by atoms with E-state index in [9.17, 15) is 0 Å². The lowest BCUT2D eigenvalue weighted by atomic mass is 9.87. The molecule has 2 nitrogen and oxygen atoms in total. The fourth-order valence-electron chi connectivity index (χ4n) is 1.86. The van der Waals surface area contributed by atoms with Crippen LogP contribution in [0.15, 0.2) is 24.3 Å². The summed E-state index contributed by atoms with van der Waals surface area (Å²) >= 11 is 0. The van der Waals surface area contributed by atoms with Crippen LogP contribution < -0.4 is 11.3 Å². The van der Waals surface area contributed by atoms with Gasteiger partial charge in [0.15, 0.2) is 0 Å². The van der Waals surface area contributed by atoms with Crippen molar-refractivity contribution >= 4 is 0 Å². The van der Waals surface area contributed by atoms with Crippen LogP contribution in [0.5, 0.6) is 0 Å². The van der Waals surface area contributed by atoms with Crippen molar-refractivity contribution in [2.45, 2.75) is 53.0 Å². The van der Waals surface area contributed by atoms with Crippen LogP contribution >= 0.6 is 0 Å². The van der Waals surface area contributed by atoms with Crippen LogP contribution in [-0.4, -0.2) is 6.04 Å². The molecule has 0 heterocycles. The Labute approximate surface area is 106 Å². The van der Waals surface area contributed by atoms with Gasteiger partial charge in [0.05, 0.1) is 0 Å². The van der Waals surface area contributed by atoms with E-state index in [1.807, 2.05) is 0 Å². The molecule has 96 valence electrons. The highest BCUT2D eigenvalue weighted by atomic mass is 15.2. The van der Waals surface area contributed by atoms with Gasteiger partial charge in [-0.2, -0.15) is 0 Å². The van der Waals surface area contributed by atoms with Gasteiger partial charge in [0.25, 0.3) is 0 Å². The van der Waals surface area contributed by atoms with Gasteiger partial charge in [0, 0.05) is 6.04 Å². The largest absolute Gasteiger partial charge is 0.271 e. The van der Waals surface area contributed by atoms with Gasteiger partial charge in [-0.3, -0.25) is 11.3 Å². The lowest BCUT2D eigenvalue weighted by molar-refractivity contribution is 0.330. The molecule has 1 unspecified atom stereocenters. The number of benzene rings is 1. The number of hydrogen-bond acceptors (Lipinski definition) is 2. The SMILES string of the molecule is Cc1ccc(CC(CCC(C)(C)C)NN)cc1. The molecule has 0 aliphatic carbocycles. The van der Waals surface area contributed by atoms with Crippen molar-refractivity contribution in [3.8, 4) is 0 Å². The Morgan fingerprint density at radius 3 is 2.24 bits per heavy atom. The molecule has 0 bridgehead atoms. The molecular weight excluding hydrogens is 208 g/mol. The van der Waals surface area contributed by atoms with Crippen molar-refractivity contribution in [2.75, 3.05) is 0 Å². The highest BCUT2D eigenvalue weighted by Gasteiger charge is 2.14. The van der Waals surface area contributed by atoms with Crippen molar-refractivity contribution < 1.29 is 0 Å². The number of hydrogen-bond donors (Lipinski definition) is 2. The summed E-state index contributed by atoms with van der Waals surface area (Å²) in [7, 11) is 0. The Balaban J connectivity index is 2.49. The van der Waals surface area contributed by atoms with Gasteiger partial charge in [-0.1, -0.05) is 50.6 Å². The second-order valence-corrected chi connectivity index (χ2v) is 6.15. The monoisotopic (exact) mass is 234 g/mol. The second kappa shape index (κ2) is 6.18. The first-order valence-corrected chi connectivity index (χ1v) is 6.42. The van der Waals surface area contributed by atoms with Crippen molar-refractivity contribution in [1.82, 2.24) is 5.43 Å². The Kier molecular flexibility index (Phi) is 5.16. The zero-order chi connectivity index (χ0) is 12.9. The van der Waals surface area contributed by atoms with Crippen molar-refractivity contribution in [2.24, 2.45) is 11.3 Å². The second-order valence-electron chi connectivity index (χ2n) is 6.15. The van der Waals surface area contributed by atoms with Crippen LogP contribution in [0.3, 0.4) is 0 Å². The van der Waals surface area contributed by atoms with E-state index in [0.717, 1.165) is 12.8 Å². The summed E-state index contributed by atoms with van der Waals surface area (Å²) in [6.45, 7) is 8.92. The van der Waals surface area contributed by atoms with Crippen LogP contribution in [0.25, 0.3) is 0 Å². The minimum atomic E-state index is 0.372. The topological polar surface area (TPSA) is 38.0 Å². The highest BCUT2D eigenvalue weighted by molar-refractivity contribution is 5.22. The summed E-state index contributed by atoms with van der Waals surface area (Å²) in [6.07, 6.45) is 3.31. The molecule has 0 aliphatic heterocycles. The molecular formula is C15H26N2. The first-order chi connectivity index (χ1) is 7.90. The van der Waals surface area contributed by atoms with Crippen LogP contribution in [0.1, 0.15) is 44.7 Å². The Morgan fingerprint density at radius 2 is 1.76 bits per heavy atom. The van der Waals surface area contributed by atoms with E-state index in [4.69, 9.17) is 5.84 Å². The summed E-state index contributed by atoms with van der Waals surface area (Å²) in [5.74, 6) is 5.63. The highest BCUT2D eigenvalue weighted by Crippen LogP contribution is 2.22. The molecule has 3 N–H and O–H groups in total. The van der Waals surface area contributed by atoms with E-state index in [2.05, 4.69) is 57.4 Å². The van der Waals surface area contributed by atoms with Crippen molar-refractivity contribution in [3.05, 3.63) is 35.4 Å². The smallest absolute Gasteiger partial charge is 0.0251 e. The zero-order valence-corrected chi connectivity index (χ0v) is 11.6. The molecule has 17 heavy (non-hydrogen) atoms. The Bertz CT molecular complexity index is 322. The molecule has 1 aromatic rings. The fourth-order valence-corrected chi connectivity index (χ4v) is 1.86. The van der Waals surface area contributed by atoms with Crippen molar-refractivity contribution in [3.63, 3.8) is 0 Å². The van der Waals surface area contributed by atoms with Gasteiger partial charge >= 0.3 is 0 Å². The van der Waals surface area contributed by atoms with E-state index in [-0.39, 0.29) is 0 Å². The van der Waals surface area contributed by atoms with Gasteiger partial charge in [-0.25, -0.2) is 0 Å². The van der Waals surface area contributed by atoms with Crippen LogP contribution in [0.2, 0.25) is 0 Å². The van der Waals surface area contributed by atoms with Crippen LogP contribution in [0, 0.1) is 12.3 Å². The van der Waals surface area contributed by atoms with Crippen molar-refractivity contribution in [1.29, 1.82) is 0 Å². The average Bonchev–Trinajstić information content (AvgIpc) is 2.25. The van der Waals surface area contributed by atoms with Crippen LogP contribution in [-0.2, 0) is 6.42 Å². The molecule has 1 rings (SSSR count). The van der Waals surface area contributed by atoms with Gasteiger partial charge in [-0.05, 0) is 37.2 Å². The van der Waals surface area contributed by atoms with Gasteiger partial charge < -0.3 is 0 Å². The summed E-state index contributed by atoms with van der Waals surface area (Å²) in [5.41, 5.74) is 5.98. The average molecular weight is 234 g/mol. The molecule has 1 aromatic carbocycles. The van der Waals surface area contributed by atoms with Gasteiger partial charge in [0.2, 0.25) is 0 Å². The Morgan fingerprint density at radius 1 is 1.18 bits per heavy atom. The normalized spacial score (nSPS) is 13.7. The lowest BCUT2D eigenvalue weighted by Crippen LogP contribution is -2.37. The molecule has 0 aromatic heterocycles. The number of nitrogens with one attached hydrogen (secondary N) is 1. The molecule has 1 atom stereocenters. The summed E-state index contributed by atoms with van der Waals surface area (Å²) in [6, 6.07) is 9.07. The summed E-state index contributed by atoms with van der Waals surface area (Å²) < 4.78 is 0. The van der Waals surface area contributed by atoms with E-state index >= 15 is 0 Å². The molecule has 0 radical (unpaired) electrons. The molecule has 0 aliphatic rings. The first kappa shape index (κ1) is 14.2. The van der Waals surface area contributed by atoms with E-state index in [0.29, 0.717) is 11.5 Å². The maximum atomic E-state index is 5.63. The van der Waals surface area contributed by atoms with E-state index < -0.39 is 0 Å². The zero-order valence-electron chi connectivity index (χ0n) is 11.6. The standard InChI is InChI=1S/C15H26N2/c1-12-5-7-13(8-6-12)11-14(17-16)9-10-15(2,3)4/h5-8,14,17H,9-11,16H2,1-4H3. The molecule has 0 spiro atoms. The summed E-state index contributed by atoms with van der Waals surface area (Å²) in [4.78, 5) is 0. The number of aryl methyl sites for hydroxylation is 1. The third-order valence-electron chi connectivity index (χ3n) is 3.08. The van der Waals surface area contributed by atoms with Crippen LogP contribution in [0.4, 0.5) is 0 Å². The minimum Gasteiger partial charge on any atom is -0.271 e. The maximum Gasteiger partial charge on any atom is 0.0251 e. The molecule has 0 fully saturated rings. The molecule has 0 saturated heterocycles. The van der Waals surface area contributed by atoms with Gasteiger partial charge in [0.1, 0.15) is 0 Å². The van der Waals surface area contributed by atoms with Gasteiger partial charge in [-0.15, -0.1) is 0 Å². The summed E-state index contributed by atoms with van der Waals surface area (Å²) in [5, 5.41) is 0. The predicted molar refractivity (Wildman–Crippen MR) is 74.7 cm³/mol. The maximum absolute atomic E-state index is 5.63. The number of nitrogens with two attached hydrogens (primary N) is 1. The predicted octanol–water partition coefficient (Wildman–Crippen LogP) is 3.20. The third-order valence-corrected chi connectivity index (χ3v) is 3.08. The molecule has 0 saturated carbocycles. The number of hydrazine groups is 1. The number of rotatable bonds is 5. The quantitative estimate of drug-likeness (QED) is 0.606. The lowest BCUT2D eigenvalue weighted by Gasteiger charge is -2.22. The Hall–Kier alpha value is -0.860. The minimum absolute atomic E-state index is 0.372. The van der Waals surface area contributed by atoms with E-state index in [1.165, 1.54) is 17.5 Å². The third kappa shape index (κ3) is 5.85. The molecule has 0 amide bonds. The molecule has 2 heteroatoms.